The molecule has 3 amide bonds. The predicted molar refractivity (Wildman–Crippen MR) is 98.5 cm³/mol. The molecular weight excluding hydrogens is 387 g/mol. The molecule has 2 unspecified atom stereocenters. The highest BCUT2D eigenvalue weighted by molar-refractivity contribution is 5.89. The Morgan fingerprint density at radius 3 is 2.34 bits per heavy atom. The summed E-state index contributed by atoms with van der Waals surface area (Å²) in [4.78, 5) is 38.7. The zero-order valence-electron chi connectivity index (χ0n) is 16.1. The molecule has 0 bridgehead atoms. The van der Waals surface area contributed by atoms with Crippen molar-refractivity contribution in [2.45, 2.75) is 44.4 Å². The Hall–Kier alpha value is -2.58. The second-order valence-corrected chi connectivity index (χ2v) is 7.61. The van der Waals surface area contributed by atoms with E-state index in [0.717, 1.165) is 10.5 Å². The highest BCUT2D eigenvalue weighted by Crippen LogP contribution is 2.29. The first-order valence-corrected chi connectivity index (χ1v) is 9.67. The van der Waals surface area contributed by atoms with E-state index < -0.39 is 18.0 Å². The van der Waals surface area contributed by atoms with Crippen LogP contribution >= 0.6 is 0 Å². The molecule has 9 heteroatoms. The summed E-state index contributed by atoms with van der Waals surface area (Å²) in [6.45, 7) is 2.13. The number of carbonyl (C=O) groups excluding carboxylic acids is 3. The number of nitrogens with one attached hydrogen (secondary N) is 1. The van der Waals surface area contributed by atoms with Gasteiger partial charge in [-0.05, 0) is 25.3 Å². The van der Waals surface area contributed by atoms with Gasteiger partial charge in [-0.1, -0.05) is 30.3 Å². The van der Waals surface area contributed by atoms with Crippen LogP contribution in [0, 0.1) is 5.92 Å². The lowest BCUT2D eigenvalue weighted by Gasteiger charge is -2.33. The van der Waals surface area contributed by atoms with Crippen LogP contribution in [-0.2, 0) is 14.4 Å². The summed E-state index contributed by atoms with van der Waals surface area (Å²) in [5, 5.41) is 2.84. The number of hydrogen-bond donors (Lipinski definition) is 1. The fraction of sp³-hybridized carbons (Fsp3) is 0.550. The Morgan fingerprint density at radius 2 is 1.76 bits per heavy atom. The van der Waals surface area contributed by atoms with Crippen molar-refractivity contribution in [1.82, 2.24) is 15.1 Å². The molecule has 2 fully saturated rings. The van der Waals surface area contributed by atoms with E-state index in [2.05, 4.69) is 5.32 Å². The Labute approximate surface area is 167 Å². The summed E-state index contributed by atoms with van der Waals surface area (Å²) < 4.78 is 37.5. The summed E-state index contributed by atoms with van der Waals surface area (Å²) in [6.07, 6.45) is -4.23. The molecule has 3 rings (SSSR count). The number of benzene rings is 1. The Bertz CT molecular complexity index is 761. The molecule has 0 radical (unpaired) electrons. The molecule has 1 N–H and O–H groups in total. The minimum atomic E-state index is -4.88. The quantitative estimate of drug-likeness (QED) is 0.827. The van der Waals surface area contributed by atoms with Crippen LogP contribution in [-0.4, -0.2) is 59.4 Å². The normalized spacial score (nSPS) is 21.9. The third-order valence-corrected chi connectivity index (χ3v) is 5.65. The van der Waals surface area contributed by atoms with Gasteiger partial charge in [-0.3, -0.25) is 14.4 Å². The number of hydrogen-bond acceptors (Lipinski definition) is 3. The first-order chi connectivity index (χ1) is 13.7. The van der Waals surface area contributed by atoms with Crippen molar-refractivity contribution < 1.29 is 27.6 Å². The monoisotopic (exact) mass is 411 g/mol. The highest BCUT2D eigenvalue weighted by atomic mass is 19.4. The summed E-state index contributed by atoms with van der Waals surface area (Å²) in [5.74, 6) is -2.67. The number of halogens is 3. The van der Waals surface area contributed by atoms with E-state index in [9.17, 15) is 27.6 Å². The number of alkyl halides is 3. The number of rotatable bonds is 4. The van der Waals surface area contributed by atoms with Gasteiger partial charge in [0.1, 0.15) is 0 Å². The van der Waals surface area contributed by atoms with Crippen LogP contribution in [0.5, 0.6) is 0 Å². The maximum absolute atomic E-state index is 12.6. The second-order valence-electron chi connectivity index (χ2n) is 7.61. The molecule has 1 aromatic carbocycles. The average molecular weight is 411 g/mol. The predicted octanol–water partition coefficient (Wildman–Crippen LogP) is 2.27. The molecule has 158 valence electrons. The van der Waals surface area contributed by atoms with E-state index in [1.165, 1.54) is 0 Å². The Morgan fingerprint density at radius 1 is 1.14 bits per heavy atom. The topological polar surface area (TPSA) is 69.7 Å². The molecule has 2 heterocycles. The number of carbonyl (C=O) groups is 3. The molecule has 0 aromatic heterocycles. The molecule has 2 saturated heterocycles. The van der Waals surface area contributed by atoms with Crippen molar-refractivity contribution in [2.24, 2.45) is 5.92 Å². The highest BCUT2D eigenvalue weighted by Gasteiger charge is 2.43. The number of nitrogens with zero attached hydrogens (tertiary/aromatic N) is 2. The average Bonchev–Trinajstić information content (AvgIpc) is 3.09. The van der Waals surface area contributed by atoms with Gasteiger partial charge in [0, 0.05) is 32.1 Å². The first-order valence-electron chi connectivity index (χ1n) is 9.67. The molecule has 1 aromatic rings. The van der Waals surface area contributed by atoms with Crippen LogP contribution in [0.1, 0.15) is 37.8 Å². The van der Waals surface area contributed by atoms with Crippen molar-refractivity contribution in [3.63, 3.8) is 0 Å². The molecule has 0 aliphatic carbocycles. The van der Waals surface area contributed by atoms with E-state index in [4.69, 9.17) is 0 Å². The van der Waals surface area contributed by atoms with Crippen LogP contribution in [0.25, 0.3) is 0 Å². The summed E-state index contributed by atoms with van der Waals surface area (Å²) in [5.41, 5.74) is 0.989. The van der Waals surface area contributed by atoms with Crippen LogP contribution < -0.4 is 5.32 Å². The van der Waals surface area contributed by atoms with Crippen molar-refractivity contribution in [2.75, 3.05) is 19.6 Å². The van der Waals surface area contributed by atoms with Gasteiger partial charge in [-0.25, -0.2) is 0 Å². The van der Waals surface area contributed by atoms with Crippen LogP contribution in [0.2, 0.25) is 0 Å². The molecule has 2 aliphatic rings. The van der Waals surface area contributed by atoms with Gasteiger partial charge >= 0.3 is 12.1 Å². The maximum Gasteiger partial charge on any atom is 0.471 e. The molecule has 2 atom stereocenters. The van der Waals surface area contributed by atoms with E-state index in [-0.39, 0.29) is 56.3 Å². The summed E-state index contributed by atoms with van der Waals surface area (Å²) in [6, 6.07) is 9.11. The molecule has 29 heavy (non-hydrogen) atoms. The van der Waals surface area contributed by atoms with E-state index in [1.807, 2.05) is 37.3 Å². The van der Waals surface area contributed by atoms with Gasteiger partial charge in [0.15, 0.2) is 0 Å². The minimum Gasteiger partial charge on any atom is -0.353 e. The lowest BCUT2D eigenvalue weighted by molar-refractivity contribution is -0.186. The number of likely N-dealkylation sites (tertiary alicyclic amines) is 2. The van der Waals surface area contributed by atoms with E-state index in [1.54, 1.807) is 4.90 Å². The van der Waals surface area contributed by atoms with Crippen LogP contribution in [0.4, 0.5) is 13.2 Å². The standard InChI is InChI=1S/C20H24F3N3O3/c1-13(14-5-3-2-4-6-14)26-12-15(11-17(26)27)18(28)24-16-7-9-25(10-8-16)19(29)20(21,22)23/h2-6,13,15-16H,7-12H2,1H3,(H,24,28). The molecule has 0 spiro atoms. The zero-order valence-corrected chi connectivity index (χ0v) is 16.1. The lowest BCUT2D eigenvalue weighted by atomic mass is 10.0. The Balaban J connectivity index is 1.51. The Kier molecular flexibility index (Phi) is 6.14. The maximum atomic E-state index is 12.6. The SMILES string of the molecule is CC(c1ccccc1)N1CC(C(=O)NC2CCN(C(=O)C(F)(F)F)CC2)CC1=O. The molecule has 6 nitrogen and oxygen atoms in total. The van der Waals surface area contributed by atoms with E-state index >= 15 is 0 Å². The smallest absolute Gasteiger partial charge is 0.353 e. The van der Waals surface area contributed by atoms with Gasteiger partial charge in [0.25, 0.3) is 0 Å². The minimum absolute atomic E-state index is 0.0515. The second kappa shape index (κ2) is 8.42. The molecule has 2 aliphatic heterocycles. The first kappa shape index (κ1) is 21.1. The third kappa shape index (κ3) is 4.89. The zero-order chi connectivity index (χ0) is 21.2. The van der Waals surface area contributed by atoms with Gasteiger partial charge in [-0.2, -0.15) is 13.2 Å². The largest absolute Gasteiger partial charge is 0.471 e. The van der Waals surface area contributed by atoms with Crippen molar-refractivity contribution >= 4 is 17.7 Å². The fourth-order valence-electron chi connectivity index (χ4n) is 3.92. The van der Waals surface area contributed by atoms with Crippen LogP contribution in [0.3, 0.4) is 0 Å². The fourth-order valence-corrected chi connectivity index (χ4v) is 3.92. The van der Waals surface area contributed by atoms with Gasteiger partial charge in [0.2, 0.25) is 11.8 Å². The lowest BCUT2D eigenvalue weighted by Crippen LogP contribution is -2.50. The molecule has 0 saturated carbocycles. The van der Waals surface area contributed by atoms with E-state index in [0.29, 0.717) is 6.54 Å². The summed E-state index contributed by atoms with van der Waals surface area (Å²) >= 11 is 0. The van der Waals surface area contributed by atoms with Gasteiger partial charge in [0.05, 0.1) is 12.0 Å². The van der Waals surface area contributed by atoms with Crippen molar-refractivity contribution in [1.29, 1.82) is 0 Å². The third-order valence-electron chi connectivity index (χ3n) is 5.65. The summed E-state index contributed by atoms with van der Waals surface area (Å²) in [7, 11) is 0. The number of amides is 3. The van der Waals surface area contributed by atoms with Crippen molar-refractivity contribution in [3.8, 4) is 0 Å². The van der Waals surface area contributed by atoms with Crippen LogP contribution in [0.15, 0.2) is 30.3 Å². The molecular formula is C20H24F3N3O3. The van der Waals surface area contributed by atoms with Gasteiger partial charge < -0.3 is 15.1 Å². The van der Waals surface area contributed by atoms with Gasteiger partial charge in [-0.15, -0.1) is 0 Å². The van der Waals surface area contributed by atoms with Crippen molar-refractivity contribution in [3.05, 3.63) is 35.9 Å². The number of piperidine rings is 1.